The van der Waals surface area contributed by atoms with Crippen LogP contribution in [0.3, 0.4) is 0 Å². The largest absolute Gasteiger partial charge is 0.263 e. The Labute approximate surface area is 72.8 Å². The van der Waals surface area contributed by atoms with Crippen LogP contribution in [0.1, 0.15) is 24.0 Å². The van der Waals surface area contributed by atoms with Crippen LogP contribution in [0.5, 0.6) is 0 Å². The van der Waals surface area contributed by atoms with Gasteiger partial charge in [0.05, 0.1) is 0 Å². The highest BCUT2D eigenvalue weighted by Crippen LogP contribution is 2.27. The Bertz CT molecular complexity index is 340. The third-order valence-corrected chi connectivity index (χ3v) is 2.03. The Morgan fingerprint density at radius 2 is 2.33 bits per heavy atom. The Hall–Kier alpha value is -1.29. The maximum atomic E-state index is 4.04. The molecule has 0 radical (unpaired) electrons. The summed E-state index contributed by atoms with van der Waals surface area (Å²) in [7, 11) is 0. The van der Waals surface area contributed by atoms with Crippen molar-refractivity contribution in [3.05, 3.63) is 29.6 Å². The monoisotopic (exact) mass is 157 g/mol. The summed E-state index contributed by atoms with van der Waals surface area (Å²) in [6.07, 6.45) is 6.21. The smallest absolute Gasteiger partial charge is 0.0458 e. The van der Waals surface area contributed by atoms with E-state index in [-0.39, 0.29) is 0 Å². The van der Waals surface area contributed by atoms with Crippen LogP contribution < -0.4 is 0 Å². The first-order valence-electron chi connectivity index (χ1n) is 4.28. The predicted molar refractivity (Wildman–Crippen MR) is 48.6 cm³/mol. The van der Waals surface area contributed by atoms with Crippen LogP contribution >= 0.6 is 0 Å². The molecule has 1 aromatic heterocycles. The van der Waals surface area contributed by atoms with Crippen LogP contribution in [-0.4, -0.2) is 4.98 Å². The molecule has 0 amide bonds. The van der Waals surface area contributed by atoms with E-state index >= 15 is 0 Å². The zero-order chi connectivity index (χ0) is 8.39. The van der Waals surface area contributed by atoms with Crippen molar-refractivity contribution in [2.75, 3.05) is 0 Å². The second-order valence-corrected chi connectivity index (χ2v) is 3.23. The second-order valence-electron chi connectivity index (χ2n) is 3.23. The van der Waals surface area contributed by atoms with E-state index < -0.39 is 0 Å². The van der Waals surface area contributed by atoms with E-state index in [4.69, 9.17) is 0 Å². The van der Waals surface area contributed by atoms with Crippen molar-refractivity contribution in [2.24, 2.45) is 5.92 Å². The summed E-state index contributed by atoms with van der Waals surface area (Å²) >= 11 is 0. The van der Waals surface area contributed by atoms with Crippen molar-refractivity contribution < 1.29 is 0 Å². The van der Waals surface area contributed by atoms with E-state index in [9.17, 15) is 0 Å². The van der Waals surface area contributed by atoms with Crippen molar-refractivity contribution in [1.29, 1.82) is 0 Å². The van der Waals surface area contributed by atoms with Gasteiger partial charge in [-0.25, -0.2) is 0 Å². The minimum atomic E-state index is 0.671. The van der Waals surface area contributed by atoms with E-state index in [2.05, 4.69) is 23.7 Å². The fraction of sp³-hybridized carbons (Fsp3) is 0.364. The van der Waals surface area contributed by atoms with Gasteiger partial charge in [0.25, 0.3) is 0 Å². The second kappa shape index (κ2) is 2.98. The molecule has 0 N–H and O–H groups in total. The SMILES string of the molecule is Cc1ccncc1C#CC1CC1. The molecule has 1 aliphatic carbocycles. The Balaban J connectivity index is 2.23. The quantitative estimate of drug-likeness (QED) is 0.526. The summed E-state index contributed by atoms with van der Waals surface area (Å²) in [4.78, 5) is 4.04. The molecular formula is C11H11N. The lowest BCUT2D eigenvalue weighted by Gasteiger charge is -1.93. The number of aromatic nitrogens is 1. The molecule has 1 aromatic rings. The summed E-state index contributed by atoms with van der Waals surface area (Å²) in [6, 6.07) is 2.00. The first kappa shape index (κ1) is 7.36. The lowest BCUT2D eigenvalue weighted by molar-refractivity contribution is 1.18. The molecule has 2 rings (SSSR count). The zero-order valence-electron chi connectivity index (χ0n) is 7.17. The van der Waals surface area contributed by atoms with Gasteiger partial charge < -0.3 is 0 Å². The van der Waals surface area contributed by atoms with E-state index in [0.717, 1.165) is 5.56 Å². The van der Waals surface area contributed by atoms with Crippen LogP contribution in [0.4, 0.5) is 0 Å². The number of rotatable bonds is 0. The normalized spacial score (nSPS) is 15.1. The van der Waals surface area contributed by atoms with Crippen LogP contribution in [0, 0.1) is 24.7 Å². The number of aryl methyl sites for hydroxylation is 1. The minimum absolute atomic E-state index is 0.671. The highest BCUT2D eigenvalue weighted by molar-refractivity contribution is 5.38. The summed E-state index contributed by atoms with van der Waals surface area (Å²) in [5, 5.41) is 0. The molecule has 0 saturated heterocycles. The lowest BCUT2D eigenvalue weighted by Crippen LogP contribution is -1.82. The van der Waals surface area contributed by atoms with Gasteiger partial charge >= 0.3 is 0 Å². The van der Waals surface area contributed by atoms with Gasteiger partial charge in [-0.15, -0.1) is 0 Å². The van der Waals surface area contributed by atoms with Gasteiger partial charge in [0.15, 0.2) is 0 Å². The zero-order valence-corrected chi connectivity index (χ0v) is 7.17. The van der Waals surface area contributed by atoms with Crippen LogP contribution in [0.25, 0.3) is 0 Å². The van der Waals surface area contributed by atoms with E-state index in [1.54, 1.807) is 6.20 Å². The molecule has 0 unspecified atom stereocenters. The fourth-order valence-corrected chi connectivity index (χ4v) is 1.00. The molecule has 1 heterocycles. The van der Waals surface area contributed by atoms with Gasteiger partial charge in [-0.2, -0.15) is 0 Å². The molecule has 1 aliphatic rings. The average Bonchev–Trinajstić information content (AvgIpc) is 2.86. The van der Waals surface area contributed by atoms with Gasteiger partial charge in [-0.05, 0) is 31.4 Å². The summed E-state index contributed by atoms with van der Waals surface area (Å²) < 4.78 is 0. The molecule has 1 heteroatoms. The third kappa shape index (κ3) is 1.65. The van der Waals surface area contributed by atoms with Gasteiger partial charge in [0.1, 0.15) is 0 Å². The van der Waals surface area contributed by atoms with Crippen LogP contribution in [0.2, 0.25) is 0 Å². The molecule has 12 heavy (non-hydrogen) atoms. The standard InChI is InChI=1S/C11H11N/c1-9-6-7-12-8-11(9)5-4-10-2-3-10/h6-8,10H,2-3H2,1H3. The molecule has 1 fully saturated rings. The first-order chi connectivity index (χ1) is 5.86. The van der Waals surface area contributed by atoms with Crippen molar-refractivity contribution in [1.82, 2.24) is 4.98 Å². The van der Waals surface area contributed by atoms with E-state index in [0.29, 0.717) is 5.92 Å². The topological polar surface area (TPSA) is 12.9 Å². The number of hydrogen-bond acceptors (Lipinski definition) is 1. The summed E-state index contributed by atoms with van der Waals surface area (Å²) in [6.45, 7) is 2.07. The number of pyridine rings is 1. The Kier molecular flexibility index (Phi) is 1.83. The summed E-state index contributed by atoms with van der Waals surface area (Å²) in [5.74, 6) is 7.06. The highest BCUT2D eigenvalue weighted by atomic mass is 14.6. The molecule has 0 aromatic carbocycles. The van der Waals surface area contributed by atoms with Gasteiger partial charge in [-0.3, -0.25) is 4.98 Å². The van der Waals surface area contributed by atoms with Crippen LogP contribution in [-0.2, 0) is 0 Å². The Morgan fingerprint density at radius 1 is 1.50 bits per heavy atom. The maximum absolute atomic E-state index is 4.04. The number of hydrogen-bond donors (Lipinski definition) is 0. The number of nitrogens with zero attached hydrogens (tertiary/aromatic N) is 1. The van der Waals surface area contributed by atoms with E-state index in [1.807, 2.05) is 12.3 Å². The van der Waals surface area contributed by atoms with Crippen LogP contribution in [0.15, 0.2) is 18.5 Å². The molecular weight excluding hydrogens is 146 g/mol. The Morgan fingerprint density at radius 3 is 3.00 bits per heavy atom. The van der Waals surface area contributed by atoms with E-state index in [1.165, 1.54) is 18.4 Å². The summed E-state index contributed by atoms with van der Waals surface area (Å²) in [5.41, 5.74) is 2.29. The molecule has 0 spiro atoms. The van der Waals surface area contributed by atoms with Gasteiger partial charge in [-0.1, -0.05) is 11.8 Å². The molecule has 0 atom stereocenters. The van der Waals surface area contributed by atoms with Crippen molar-refractivity contribution in [3.8, 4) is 11.8 Å². The fourth-order valence-electron chi connectivity index (χ4n) is 1.00. The lowest BCUT2D eigenvalue weighted by atomic mass is 10.1. The van der Waals surface area contributed by atoms with Crippen molar-refractivity contribution in [3.63, 3.8) is 0 Å². The predicted octanol–water partition coefficient (Wildman–Crippen LogP) is 2.15. The first-order valence-corrected chi connectivity index (χ1v) is 4.28. The maximum Gasteiger partial charge on any atom is 0.0458 e. The molecule has 60 valence electrons. The highest BCUT2D eigenvalue weighted by Gasteiger charge is 2.17. The molecule has 0 bridgehead atoms. The average molecular weight is 157 g/mol. The molecule has 0 aliphatic heterocycles. The minimum Gasteiger partial charge on any atom is -0.263 e. The van der Waals surface area contributed by atoms with Gasteiger partial charge in [0.2, 0.25) is 0 Å². The molecule has 1 saturated carbocycles. The molecule has 1 nitrogen and oxygen atoms in total. The third-order valence-electron chi connectivity index (χ3n) is 2.03. The van der Waals surface area contributed by atoms with Crippen molar-refractivity contribution >= 4 is 0 Å². The van der Waals surface area contributed by atoms with Gasteiger partial charge in [0, 0.05) is 23.9 Å². The van der Waals surface area contributed by atoms with Crippen molar-refractivity contribution in [2.45, 2.75) is 19.8 Å².